The summed E-state index contributed by atoms with van der Waals surface area (Å²) < 4.78 is 8.70. The van der Waals surface area contributed by atoms with Gasteiger partial charge in [-0.2, -0.15) is 0 Å². The van der Waals surface area contributed by atoms with Crippen LogP contribution in [0, 0.1) is 6.07 Å². The molecule has 302 valence electrons. The first-order chi connectivity index (χ1) is 29.8. The van der Waals surface area contributed by atoms with Crippen molar-refractivity contribution in [3.63, 3.8) is 0 Å². The van der Waals surface area contributed by atoms with Gasteiger partial charge in [0, 0.05) is 49.3 Å². The molecule has 0 radical (unpaired) electrons. The first-order valence-corrected chi connectivity index (χ1v) is 20.6. The number of hydrogen-bond acceptors (Lipinski definition) is 4. The largest absolute Gasteiger partial charge is 0.507 e. The molecule has 8 aromatic carbocycles. The number of rotatable bonds is 6. The minimum Gasteiger partial charge on any atom is -0.507 e. The summed E-state index contributed by atoms with van der Waals surface area (Å²) in [6.45, 7) is 6.72. The number of phenolic OH excluding ortho intramolecular Hbond substituents is 1. The molecule has 11 rings (SSSR count). The number of aromatic nitrogens is 3. The Labute approximate surface area is 374 Å². The van der Waals surface area contributed by atoms with Crippen LogP contribution >= 0.6 is 0 Å². The van der Waals surface area contributed by atoms with Gasteiger partial charge in [-0.3, -0.25) is 9.55 Å². The van der Waals surface area contributed by atoms with Gasteiger partial charge in [0.25, 0.3) is 0 Å². The van der Waals surface area contributed by atoms with E-state index in [-0.39, 0.29) is 32.2 Å². The van der Waals surface area contributed by atoms with Crippen LogP contribution in [-0.4, -0.2) is 19.6 Å². The van der Waals surface area contributed by atoms with Gasteiger partial charge in [-0.05, 0) is 75.3 Å². The van der Waals surface area contributed by atoms with Crippen molar-refractivity contribution in [1.82, 2.24) is 14.5 Å². The predicted molar refractivity (Wildman–Crippen MR) is 250 cm³/mol. The number of benzene rings is 8. The van der Waals surface area contributed by atoms with Gasteiger partial charge in [0.05, 0.1) is 22.3 Å². The van der Waals surface area contributed by atoms with Crippen molar-refractivity contribution in [2.24, 2.45) is 0 Å². The van der Waals surface area contributed by atoms with E-state index < -0.39 is 0 Å². The standard InChI is InChI=1S/C56H40N3O2.Pt/c1-56(2,3)41-26-27-48(45(32-41)36-17-8-5-9-18-36)59-49-23-14-22-43(54(49)58-55(59)44-21-12-13-24-50(44)60)39-29-38(35-15-6-4-7-16-35)30-40(31-39)47-33-52-46(34-57-47)53-42-20-11-10-19-37(42)25-28-51(53)61-52;/h4-30,32-34,60H,1-3H3;/q-1;. The van der Waals surface area contributed by atoms with Crippen molar-refractivity contribution in [3.8, 4) is 67.5 Å². The molecule has 0 aliphatic rings. The molecule has 11 aromatic rings. The van der Waals surface area contributed by atoms with Crippen LogP contribution in [0.3, 0.4) is 0 Å². The Kier molecular flexibility index (Phi) is 9.73. The maximum absolute atomic E-state index is 11.4. The Balaban J connectivity index is 0.00000458. The number of imidazole rings is 1. The Bertz CT molecular complexity index is 3470. The van der Waals surface area contributed by atoms with E-state index >= 15 is 0 Å². The first kappa shape index (κ1) is 39.1. The molecule has 0 fully saturated rings. The quantitative estimate of drug-likeness (QED) is 0.169. The number of pyridine rings is 1. The van der Waals surface area contributed by atoms with Gasteiger partial charge in [-0.1, -0.05) is 159 Å². The second-order valence-corrected chi connectivity index (χ2v) is 16.7. The van der Waals surface area contributed by atoms with Crippen LogP contribution < -0.4 is 0 Å². The molecule has 1 N–H and O–H groups in total. The summed E-state index contributed by atoms with van der Waals surface area (Å²) in [7, 11) is 0. The average molecular weight is 982 g/mol. The third kappa shape index (κ3) is 6.70. The Morgan fingerprint density at radius 2 is 1.29 bits per heavy atom. The van der Waals surface area contributed by atoms with Crippen molar-refractivity contribution in [3.05, 3.63) is 194 Å². The van der Waals surface area contributed by atoms with Gasteiger partial charge in [-0.25, -0.2) is 4.98 Å². The van der Waals surface area contributed by atoms with Crippen LogP contribution in [0.2, 0.25) is 0 Å². The van der Waals surface area contributed by atoms with Crippen LogP contribution in [0.5, 0.6) is 5.75 Å². The Hall–Kier alpha value is -7.07. The van der Waals surface area contributed by atoms with Crippen molar-refractivity contribution in [2.75, 3.05) is 0 Å². The van der Waals surface area contributed by atoms with Crippen LogP contribution in [-0.2, 0) is 26.5 Å². The smallest absolute Gasteiger partial charge is 0.148 e. The maximum Gasteiger partial charge on any atom is 0.148 e. The molecule has 0 atom stereocenters. The van der Waals surface area contributed by atoms with Crippen LogP contribution in [0.4, 0.5) is 0 Å². The summed E-state index contributed by atoms with van der Waals surface area (Å²) in [5.74, 6) is 0.804. The minimum absolute atomic E-state index is 0. The Morgan fingerprint density at radius 1 is 0.581 bits per heavy atom. The summed E-state index contributed by atoms with van der Waals surface area (Å²) in [6, 6.07) is 64.1. The average Bonchev–Trinajstić information content (AvgIpc) is 3.88. The van der Waals surface area contributed by atoms with Crippen molar-refractivity contribution < 1.29 is 30.6 Å². The van der Waals surface area contributed by atoms with E-state index in [0.29, 0.717) is 11.4 Å². The van der Waals surface area contributed by atoms with Crippen molar-refractivity contribution in [2.45, 2.75) is 26.2 Å². The van der Waals surface area contributed by atoms with Crippen molar-refractivity contribution >= 4 is 43.7 Å². The molecular weight excluding hydrogens is 942 g/mol. The second kappa shape index (κ2) is 15.4. The van der Waals surface area contributed by atoms with Crippen molar-refractivity contribution in [1.29, 1.82) is 0 Å². The minimum atomic E-state index is -0.0672. The van der Waals surface area contributed by atoms with Crippen LogP contribution in [0.15, 0.2) is 187 Å². The summed E-state index contributed by atoms with van der Waals surface area (Å²) in [6.07, 6.45) is 1.93. The number of furan rings is 1. The normalized spacial score (nSPS) is 11.7. The number of para-hydroxylation sites is 2. The predicted octanol–water partition coefficient (Wildman–Crippen LogP) is 14.6. The topological polar surface area (TPSA) is 64.1 Å². The zero-order chi connectivity index (χ0) is 41.2. The third-order valence-electron chi connectivity index (χ3n) is 11.8. The molecule has 0 bridgehead atoms. The van der Waals surface area contributed by atoms with E-state index in [2.05, 4.69) is 159 Å². The van der Waals surface area contributed by atoms with E-state index in [1.54, 1.807) is 6.07 Å². The van der Waals surface area contributed by atoms with E-state index in [1.807, 2.05) is 48.7 Å². The monoisotopic (exact) mass is 981 g/mol. The Morgan fingerprint density at radius 3 is 2.08 bits per heavy atom. The van der Waals surface area contributed by atoms with E-state index in [4.69, 9.17) is 14.4 Å². The molecule has 0 saturated carbocycles. The van der Waals surface area contributed by atoms with Gasteiger partial charge >= 0.3 is 0 Å². The molecule has 0 spiro atoms. The van der Waals surface area contributed by atoms with E-state index in [0.717, 1.165) is 94.1 Å². The van der Waals surface area contributed by atoms with Crippen LogP contribution in [0.25, 0.3) is 105 Å². The second-order valence-electron chi connectivity index (χ2n) is 16.7. The fourth-order valence-electron chi connectivity index (χ4n) is 8.69. The number of hydrogen-bond donors (Lipinski definition) is 1. The van der Waals surface area contributed by atoms with Gasteiger partial charge in [0.1, 0.15) is 22.7 Å². The summed E-state index contributed by atoms with van der Waals surface area (Å²) in [5, 5.41) is 15.8. The molecule has 3 aromatic heterocycles. The molecule has 3 heterocycles. The molecule has 5 nitrogen and oxygen atoms in total. The van der Waals surface area contributed by atoms with E-state index in [1.165, 1.54) is 5.56 Å². The molecule has 0 aliphatic heterocycles. The van der Waals surface area contributed by atoms with E-state index in [9.17, 15) is 5.11 Å². The molecule has 0 aliphatic carbocycles. The van der Waals surface area contributed by atoms with Crippen LogP contribution in [0.1, 0.15) is 26.3 Å². The molecule has 0 amide bonds. The molecule has 62 heavy (non-hydrogen) atoms. The maximum atomic E-state index is 11.4. The molecular formula is C56H40N3O2Pt-. The number of aromatic hydroxyl groups is 1. The molecule has 6 heteroatoms. The first-order valence-electron chi connectivity index (χ1n) is 20.6. The summed E-state index contributed by atoms with van der Waals surface area (Å²) in [4.78, 5) is 10.5. The van der Waals surface area contributed by atoms with Gasteiger partial charge in [0.15, 0.2) is 0 Å². The van der Waals surface area contributed by atoms with Gasteiger partial charge in [0.2, 0.25) is 0 Å². The fourth-order valence-corrected chi connectivity index (χ4v) is 8.69. The summed E-state index contributed by atoms with van der Waals surface area (Å²) >= 11 is 0. The molecule has 0 saturated heterocycles. The zero-order valence-electron chi connectivity index (χ0n) is 34.3. The number of phenols is 1. The summed E-state index contributed by atoms with van der Waals surface area (Å²) in [5.41, 5.74) is 13.7. The zero-order valence-corrected chi connectivity index (χ0v) is 36.6. The fraction of sp³-hybridized carbons (Fsp3) is 0.0714. The molecule has 0 unspecified atom stereocenters. The number of fused-ring (bicyclic) bond motifs is 6. The SMILES string of the molecule is CC(C)(C)c1ccc(-n2c(-c3ccccc3O)nc3c(-c4[c-]c(-c5cc6oc7ccc8ccccc8c7c6cn5)cc(-c5ccccc5)c4)cccc32)c(-c2ccccc2)c1.[Pt]. The van der Waals surface area contributed by atoms with Gasteiger partial charge < -0.3 is 9.52 Å². The number of nitrogens with zero attached hydrogens (tertiary/aromatic N) is 3. The van der Waals surface area contributed by atoms with Gasteiger partial charge in [-0.15, -0.1) is 23.8 Å². The third-order valence-corrected chi connectivity index (χ3v) is 11.8.